The van der Waals surface area contributed by atoms with Gasteiger partial charge in [-0.05, 0) is 59.4 Å². The second-order valence-corrected chi connectivity index (χ2v) is 16.5. The smallest absolute Gasteiger partial charge is 0.0544 e. The Morgan fingerprint density at radius 3 is 1.56 bits per heavy atom. The molecule has 25 heavy (non-hydrogen) atoms. The fourth-order valence-electron chi connectivity index (χ4n) is 9.66. The molecule has 0 nitrogen and oxygen atoms in total. The predicted octanol–water partition coefficient (Wildman–Crippen LogP) is 7.66. The summed E-state index contributed by atoms with van der Waals surface area (Å²) in [6.07, 6.45) is 22.3. The van der Waals surface area contributed by atoms with E-state index in [1.54, 1.807) is 89.9 Å². The van der Waals surface area contributed by atoms with Crippen LogP contribution < -0.4 is 0 Å². The molecule has 0 bridgehead atoms. The maximum atomic E-state index is 2.90. The molecular formula is C24H42Si. The number of hydrogen-bond acceptors (Lipinski definition) is 0. The van der Waals surface area contributed by atoms with Gasteiger partial charge in [-0.1, -0.05) is 90.1 Å². The normalized spacial score (nSPS) is 50.2. The minimum Gasteiger partial charge on any atom is -0.0689 e. The van der Waals surface area contributed by atoms with E-state index in [9.17, 15) is 0 Å². The van der Waals surface area contributed by atoms with Crippen molar-refractivity contribution >= 4 is 8.07 Å². The lowest BCUT2D eigenvalue weighted by Crippen LogP contribution is -2.45. The Morgan fingerprint density at radius 2 is 0.960 bits per heavy atom. The highest BCUT2D eigenvalue weighted by molar-refractivity contribution is 6.80. The second-order valence-electron chi connectivity index (χ2n) is 11.5. The van der Waals surface area contributed by atoms with Crippen LogP contribution in [-0.4, -0.2) is 8.07 Å². The fourth-order valence-corrected chi connectivity index (χ4v) is 15.6. The quantitative estimate of drug-likeness (QED) is 0.444. The average molecular weight is 359 g/mol. The molecule has 142 valence electrons. The van der Waals surface area contributed by atoms with Crippen LogP contribution in [-0.2, 0) is 0 Å². The molecule has 5 fully saturated rings. The SMILES string of the molecule is C[Si](C)(C1CCC2CCCCC21)C1C2CCCCC2C2CCCCC21. The Hall–Kier alpha value is 0.217. The van der Waals surface area contributed by atoms with Gasteiger partial charge >= 0.3 is 0 Å². The van der Waals surface area contributed by atoms with Gasteiger partial charge in [-0.25, -0.2) is 0 Å². The fraction of sp³-hybridized carbons (Fsp3) is 1.00. The van der Waals surface area contributed by atoms with Gasteiger partial charge in [0.15, 0.2) is 0 Å². The summed E-state index contributed by atoms with van der Waals surface area (Å²) in [6, 6.07) is 0. The van der Waals surface area contributed by atoms with Gasteiger partial charge in [0, 0.05) is 0 Å². The minimum absolute atomic E-state index is 1.15. The lowest BCUT2D eigenvalue weighted by molar-refractivity contribution is 0.184. The molecule has 0 heterocycles. The Bertz CT molecular complexity index is 460. The molecule has 7 unspecified atom stereocenters. The van der Waals surface area contributed by atoms with E-state index < -0.39 is 8.07 Å². The molecular weight excluding hydrogens is 316 g/mol. The number of fused-ring (bicyclic) bond motifs is 4. The summed E-state index contributed by atoms with van der Waals surface area (Å²) in [5.41, 5.74) is 2.42. The van der Waals surface area contributed by atoms with E-state index in [0.717, 1.165) is 5.92 Å². The maximum absolute atomic E-state index is 2.90. The largest absolute Gasteiger partial charge is 0.0689 e. The monoisotopic (exact) mass is 358 g/mol. The van der Waals surface area contributed by atoms with E-state index in [1.807, 2.05) is 0 Å². The highest BCUT2D eigenvalue weighted by Crippen LogP contribution is 2.67. The van der Waals surface area contributed by atoms with Gasteiger partial charge in [-0.3, -0.25) is 0 Å². The van der Waals surface area contributed by atoms with E-state index in [4.69, 9.17) is 0 Å². The zero-order valence-electron chi connectivity index (χ0n) is 17.0. The van der Waals surface area contributed by atoms with Crippen LogP contribution in [0.15, 0.2) is 0 Å². The maximum Gasteiger partial charge on any atom is 0.0544 e. The van der Waals surface area contributed by atoms with Crippen molar-refractivity contribution in [1.82, 2.24) is 0 Å². The van der Waals surface area contributed by atoms with Crippen LogP contribution in [0, 0.1) is 35.5 Å². The molecule has 5 aliphatic carbocycles. The molecule has 7 atom stereocenters. The van der Waals surface area contributed by atoms with Crippen molar-refractivity contribution in [3.63, 3.8) is 0 Å². The molecule has 0 aliphatic heterocycles. The highest BCUT2D eigenvalue weighted by atomic mass is 28.3. The van der Waals surface area contributed by atoms with Gasteiger partial charge < -0.3 is 0 Å². The Kier molecular flexibility index (Phi) is 4.63. The molecule has 5 rings (SSSR count). The van der Waals surface area contributed by atoms with Crippen molar-refractivity contribution < 1.29 is 0 Å². The zero-order valence-corrected chi connectivity index (χ0v) is 18.0. The summed E-state index contributed by atoms with van der Waals surface area (Å²) in [5, 5.41) is 0. The molecule has 0 aromatic carbocycles. The zero-order chi connectivity index (χ0) is 17.0. The van der Waals surface area contributed by atoms with E-state index >= 15 is 0 Å². The van der Waals surface area contributed by atoms with Gasteiger partial charge in [0.2, 0.25) is 0 Å². The molecule has 0 aromatic rings. The lowest BCUT2D eigenvalue weighted by Gasteiger charge is -2.47. The average Bonchev–Trinajstić information content (AvgIpc) is 3.22. The van der Waals surface area contributed by atoms with Crippen LogP contribution in [0.3, 0.4) is 0 Å². The van der Waals surface area contributed by atoms with Crippen molar-refractivity contribution in [2.45, 2.75) is 114 Å². The van der Waals surface area contributed by atoms with E-state index in [-0.39, 0.29) is 0 Å². The Labute approximate surface area is 157 Å². The highest BCUT2D eigenvalue weighted by Gasteiger charge is 2.59. The van der Waals surface area contributed by atoms with Crippen LogP contribution in [0.25, 0.3) is 0 Å². The second kappa shape index (κ2) is 6.68. The van der Waals surface area contributed by atoms with Crippen LogP contribution in [0.1, 0.15) is 89.9 Å². The molecule has 0 saturated heterocycles. The molecule has 0 spiro atoms. The molecule has 0 aromatic heterocycles. The summed E-state index contributed by atoms with van der Waals surface area (Å²) in [4.78, 5) is 0. The molecule has 1 heteroatoms. The first-order valence-corrected chi connectivity index (χ1v) is 15.3. The van der Waals surface area contributed by atoms with Crippen LogP contribution in [0.2, 0.25) is 24.2 Å². The van der Waals surface area contributed by atoms with E-state index in [1.165, 1.54) is 40.7 Å². The van der Waals surface area contributed by atoms with Crippen molar-refractivity contribution in [3.05, 3.63) is 0 Å². The van der Waals surface area contributed by atoms with Gasteiger partial charge in [-0.2, -0.15) is 0 Å². The predicted molar refractivity (Wildman–Crippen MR) is 111 cm³/mol. The number of hydrogen-bond donors (Lipinski definition) is 0. The summed E-state index contributed by atoms with van der Waals surface area (Å²) in [6.45, 7) is 5.81. The van der Waals surface area contributed by atoms with Crippen molar-refractivity contribution in [1.29, 1.82) is 0 Å². The summed E-state index contributed by atoms with van der Waals surface area (Å²) in [5.74, 6) is 6.99. The summed E-state index contributed by atoms with van der Waals surface area (Å²) in [7, 11) is -1.16. The Morgan fingerprint density at radius 1 is 0.480 bits per heavy atom. The summed E-state index contributed by atoms with van der Waals surface area (Å²) < 4.78 is 0. The first-order chi connectivity index (χ1) is 12.2. The van der Waals surface area contributed by atoms with Gasteiger partial charge in [0.25, 0.3) is 0 Å². The van der Waals surface area contributed by atoms with Crippen LogP contribution in [0.5, 0.6) is 0 Å². The standard InChI is InChI=1S/C24H42Si/c1-25(2,23-16-15-17-9-3-4-10-18(17)23)24-21-13-7-5-11-19(21)20-12-6-8-14-22(20)24/h17-24H,3-16H2,1-2H3. The lowest BCUT2D eigenvalue weighted by atomic mass is 9.73. The third kappa shape index (κ3) is 2.73. The van der Waals surface area contributed by atoms with Crippen molar-refractivity contribution in [2.24, 2.45) is 35.5 Å². The molecule has 5 aliphatic rings. The van der Waals surface area contributed by atoms with Gasteiger partial charge in [0.05, 0.1) is 8.07 Å². The van der Waals surface area contributed by atoms with Crippen molar-refractivity contribution in [2.75, 3.05) is 0 Å². The van der Waals surface area contributed by atoms with Gasteiger partial charge in [-0.15, -0.1) is 0 Å². The first-order valence-electron chi connectivity index (χ1n) is 12.2. The van der Waals surface area contributed by atoms with E-state index in [0.29, 0.717) is 0 Å². The number of rotatable bonds is 2. The molecule has 0 N–H and O–H groups in total. The van der Waals surface area contributed by atoms with E-state index in [2.05, 4.69) is 13.1 Å². The molecule has 0 radical (unpaired) electrons. The molecule has 0 amide bonds. The minimum atomic E-state index is -1.16. The summed E-state index contributed by atoms with van der Waals surface area (Å²) >= 11 is 0. The molecule has 5 saturated carbocycles. The van der Waals surface area contributed by atoms with Crippen molar-refractivity contribution in [3.8, 4) is 0 Å². The first kappa shape index (κ1) is 17.3. The van der Waals surface area contributed by atoms with Gasteiger partial charge in [0.1, 0.15) is 0 Å². The third-order valence-electron chi connectivity index (χ3n) is 10.4. The van der Waals surface area contributed by atoms with Crippen LogP contribution in [0.4, 0.5) is 0 Å². The topological polar surface area (TPSA) is 0 Å². The Balaban J connectivity index is 1.45. The third-order valence-corrected chi connectivity index (χ3v) is 15.6. The van der Waals surface area contributed by atoms with Crippen LogP contribution >= 0.6 is 0 Å².